The zero-order chi connectivity index (χ0) is 28.3. The highest BCUT2D eigenvalue weighted by atomic mass is 35.5. The number of hydrogen-bond acceptors (Lipinski definition) is 10. The molecular weight excluding hydrogens is 600 g/mol. The summed E-state index contributed by atoms with van der Waals surface area (Å²) in [5, 5.41) is 3.47. The lowest BCUT2D eigenvalue weighted by Gasteiger charge is -2.31. The van der Waals surface area contributed by atoms with Crippen LogP contribution in [0.3, 0.4) is 0 Å². The molecule has 41 heavy (non-hydrogen) atoms. The Bertz CT molecular complexity index is 1570. The predicted octanol–water partition coefficient (Wildman–Crippen LogP) is 3.59. The van der Waals surface area contributed by atoms with E-state index < -0.39 is 33.0 Å². The van der Waals surface area contributed by atoms with Gasteiger partial charge in [-0.3, -0.25) is 4.79 Å². The largest absolute Gasteiger partial charge is 0.476 e. The highest BCUT2D eigenvalue weighted by molar-refractivity contribution is 7.89. The third-order valence-electron chi connectivity index (χ3n) is 6.34. The average molecular weight is 626 g/mol. The molecular formula is C25H26ClF2N7O4S2. The number of sulfonamides is 1. The van der Waals surface area contributed by atoms with Crippen LogP contribution in [0.25, 0.3) is 0 Å². The third-order valence-corrected chi connectivity index (χ3v) is 9.22. The Morgan fingerprint density at radius 2 is 1.90 bits per heavy atom. The highest BCUT2D eigenvalue weighted by Gasteiger charge is 2.31. The zero-order valence-corrected chi connectivity index (χ0v) is 23.9. The second-order valence-corrected chi connectivity index (χ2v) is 11.9. The molecule has 1 fully saturated rings. The number of nitrogens with two attached hydrogens (primary N) is 1. The molecule has 16 heteroatoms. The number of hydrogen-bond donors (Lipinski definition) is 2. The van der Waals surface area contributed by atoms with Crippen molar-refractivity contribution in [1.29, 1.82) is 0 Å². The number of thiazole rings is 1. The predicted molar refractivity (Wildman–Crippen MR) is 151 cm³/mol. The number of piperidine rings is 1. The average Bonchev–Trinajstić information content (AvgIpc) is 3.58. The number of carbonyl (C=O) groups excluding carboxylic acids is 1. The number of aromatic nitrogens is 4. The smallest absolute Gasteiger partial charge is 0.244 e. The summed E-state index contributed by atoms with van der Waals surface area (Å²) in [4.78, 5) is 24.9. The minimum absolute atomic E-state index is 0. The third kappa shape index (κ3) is 6.81. The molecule has 218 valence electrons. The lowest BCUT2D eigenvalue weighted by atomic mass is 10.1. The molecule has 0 saturated carbocycles. The number of nitrogen functional groups attached to an aromatic ring is 1. The number of imidazole rings is 1. The fourth-order valence-electron chi connectivity index (χ4n) is 4.23. The fourth-order valence-corrected chi connectivity index (χ4v) is 6.55. The van der Waals surface area contributed by atoms with E-state index in [4.69, 9.17) is 10.5 Å². The maximum Gasteiger partial charge on any atom is 0.244 e. The van der Waals surface area contributed by atoms with E-state index in [2.05, 4.69) is 20.3 Å². The number of ether oxygens (including phenoxy) is 1. The summed E-state index contributed by atoms with van der Waals surface area (Å²) in [7, 11) is -3.76. The van der Waals surface area contributed by atoms with Crippen molar-refractivity contribution in [2.75, 3.05) is 30.7 Å². The minimum atomic E-state index is -3.76. The van der Waals surface area contributed by atoms with Gasteiger partial charge in [0.15, 0.2) is 5.13 Å². The molecule has 1 aromatic carbocycles. The number of carbonyl (C=O) groups is 1. The number of nitrogens with one attached hydrogen (secondary N) is 1. The van der Waals surface area contributed by atoms with E-state index in [-0.39, 0.29) is 47.1 Å². The lowest BCUT2D eigenvalue weighted by Crippen LogP contribution is -2.42. The first kappa shape index (κ1) is 30.3. The first-order valence-electron chi connectivity index (χ1n) is 12.3. The Morgan fingerprint density at radius 1 is 1.17 bits per heavy atom. The zero-order valence-electron chi connectivity index (χ0n) is 21.4. The minimum Gasteiger partial charge on any atom is -0.476 e. The molecule has 1 aliphatic rings. The first-order valence-corrected chi connectivity index (χ1v) is 14.5. The van der Waals surface area contributed by atoms with Gasteiger partial charge in [-0.2, -0.15) is 4.31 Å². The molecule has 1 saturated heterocycles. The van der Waals surface area contributed by atoms with Crippen LogP contribution < -0.4 is 15.8 Å². The van der Waals surface area contributed by atoms with Crippen LogP contribution in [-0.4, -0.2) is 63.8 Å². The summed E-state index contributed by atoms with van der Waals surface area (Å²) in [6.07, 6.45) is 7.36. The van der Waals surface area contributed by atoms with Crippen molar-refractivity contribution in [1.82, 2.24) is 23.8 Å². The quantitative estimate of drug-likeness (QED) is 0.253. The maximum atomic E-state index is 14.1. The van der Waals surface area contributed by atoms with Crippen LogP contribution in [-0.2, 0) is 16.6 Å². The van der Waals surface area contributed by atoms with E-state index in [1.54, 1.807) is 12.5 Å². The second-order valence-electron chi connectivity index (χ2n) is 8.96. The first-order chi connectivity index (χ1) is 19.2. The Kier molecular flexibility index (Phi) is 9.53. The second kappa shape index (κ2) is 12.9. The van der Waals surface area contributed by atoms with Crippen molar-refractivity contribution in [3.63, 3.8) is 0 Å². The molecule has 3 aromatic heterocycles. The number of ketones is 1. The van der Waals surface area contributed by atoms with E-state index in [0.717, 1.165) is 23.5 Å². The Labute approximate surface area is 244 Å². The van der Waals surface area contributed by atoms with Crippen LogP contribution >= 0.6 is 23.7 Å². The van der Waals surface area contributed by atoms with Crippen LogP contribution in [0.2, 0.25) is 0 Å². The van der Waals surface area contributed by atoms with Gasteiger partial charge in [-0.05, 0) is 31.0 Å². The number of anilines is 2. The van der Waals surface area contributed by atoms with Crippen molar-refractivity contribution in [3.8, 4) is 5.88 Å². The maximum absolute atomic E-state index is 14.1. The van der Waals surface area contributed by atoms with E-state index in [1.165, 1.54) is 28.7 Å². The summed E-state index contributed by atoms with van der Waals surface area (Å²) >= 11 is 0.896. The van der Waals surface area contributed by atoms with Gasteiger partial charge in [0.25, 0.3) is 0 Å². The van der Waals surface area contributed by atoms with Crippen molar-refractivity contribution < 1.29 is 26.7 Å². The van der Waals surface area contributed by atoms with Gasteiger partial charge < -0.3 is 20.4 Å². The number of nitrogens with zero attached hydrogens (tertiary/aromatic N) is 5. The molecule has 11 nitrogen and oxygen atoms in total. The summed E-state index contributed by atoms with van der Waals surface area (Å²) in [6.45, 7) is 1.43. The van der Waals surface area contributed by atoms with Crippen LogP contribution in [0.5, 0.6) is 5.88 Å². The normalized spacial score (nSPS) is 14.4. The van der Waals surface area contributed by atoms with Crippen LogP contribution in [0.4, 0.5) is 19.7 Å². The summed E-state index contributed by atoms with van der Waals surface area (Å²) < 4.78 is 63.2. The van der Waals surface area contributed by atoms with Gasteiger partial charge in [-0.15, -0.1) is 12.4 Å². The van der Waals surface area contributed by atoms with Crippen LogP contribution in [0.1, 0.15) is 28.1 Å². The molecule has 3 N–H and O–H groups in total. The topological polar surface area (TPSA) is 145 Å². The monoisotopic (exact) mass is 625 g/mol. The van der Waals surface area contributed by atoms with Crippen LogP contribution in [0, 0.1) is 11.6 Å². The molecule has 0 amide bonds. The van der Waals surface area contributed by atoms with Crippen molar-refractivity contribution >= 4 is 50.5 Å². The van der Waals surface area contributed by atoms with E-state index in [9.17, 15) is 22.0 Å². The van der Waals surface area contributed by atoms with Gasteiger partial charge >= 0.3 is 0 Å². The Morgan fingerprint density at radius 3 is 2.54 bits per heavy atom. The molecule has 0 spiro atoms. The van der Waals surface area contributed by atoms with E-state index in [0.29, 0.717) is 37.0 Å². The van der Waals surface area contributed by atoms with Gasteiger partial charge in [0.1, 0.15) is 33.8 Å². The number of halogens is 3. The van der Waals surface area contributed by atoms with Gasteiger partial charge in [0, 0.05) is 37.6 Å². The molecule has 0 bridgehead atoms. The van der Waals surface area contributed by atoms with Crippen LogP contribution in [0.15, 0.2) is 60.1 Å². The summed E-state index contributed by atoms with van der Waals surface area (Å²) in [6, 6.07) is 6.01. The molecule has 4 aromatic rings. The highest BCUT2D eigenvalue weighted by Crippen LogP contribution is 2.31. The van der Waals surface area contributed by atoms with Crippen molar-refractivity contribution in [3.05, 3.63) is 77.3 Å². The molecule has 0 aliphatic carbocycles. The van der Waals surface area contributed by atoms with Gasteiger partial charge in [0.05, 0.1) is 24.6 Å². The SMILES string of the molecule is Cl.Nc1nc(NC2CCN(S(=O)(=O)c3ccc(OCCn4ccnc4)nc3)CC2)sc1C(=O)c1c(F)cccc1F. The Hall–Kier alpha value is -3.66. The Balaban J connectivity index is 0.00000387. The van der Waals surface area contributed by atoms with Crippen molar-refractivity contribution in [2.45, 2.75) is 30.3 Å². The fraction of sp³-hybridized carbons (Fsp3) is 0.280. The molecule has 1 aliphatic heterocycles. The molecule has 5 rings (SSSR count). The number of benzene rings is 1. The van der Waals surface area contributed by atoms with Gasteiger partial charge in [-0.25, -0.2) is 32.2 Å². The standard InChI is InChI=1S/C25H25F2N7O4S2.ClH/c26-18-2-1-3-19(27)21(18)22(35)23-24(28)32-25(39-23)31-16-6-9-34(10-7-16)40(36,37)17-4-5-20(30-14-17)38-13-12-33-11-8-29-15-33;/h1-5,8,11,14-16H,6-7,9-10,12-13,28H2,(H,31,32);1H. The van der Waals surface area contributed by atoms with E-state index >= 15 is 0 Å². The van der Waals surface area contributed by atoms with Crippen molar-refractivity contribution in [2.24, 2.45) is 0 Å². The molecule has 0 atom stereocenters. The van der Waals surface area contributed by atoms with Gasteiger partial charge in [0.2, 0.25) is 21.7 Å². The van der Waals surface area contributed by atoms with Gasteiger partial charge in [-0.1, -0.05) is 17.4 Å². The molecule has 0 radical (unpaired) electrons. The number of rotatable bonds is 10. The lowest BCUT2D eigenvalue weighted by molar-refractivity contribution is 0.103. The molecule has 0 unspecified atom stereocenters. The molecule has 4 heterocycles. The van der Waals surface area contributed by atoms with E-state index in [1.807, 2.05) is 10.8 Å². The summed E-state index contributed by atoms with van der Waals surface area (Å²) in [5.41, 5.74) is 5.19. The summed E-state index contributed by atoms with van der Waals surface area (Å²) in [5.74, 6) is -2.67. The number of pyridine rings is 1.